The number of aromatic nitrogens is 3. The number of ether oxygens (including phenoxy) is 1. The second kappa shape index (κ2) is 7.28. The van der Waals surface area contributed by atoms with Crippen LogP contribution in [0.5, 0.6) is 5.75 Å². The van der Waals surface area contributed by atoms with E-state index in [1.165, 1.54) is 11.3 Å². The summed E-state index contributed by atoms with van der Waals surface area (Å²) in [6.45, 7) is 2.68. The summed E-state index contributed by atoms with van der Waals surface area (Å²) in [6.07, 6.45) is 4.30. The van der Waals surface area contributed by atoms with E-state index in [1.807, 2.05) is 59.6 Å². The smallest absolute Gasteiger partial charge is 0.227 e. The molecule has 6 nitrogen and oxygen atoms in total. The van der Waals surface area contributed by atoms with Gasteiger partial charge in [-0.05, 0) is 37.3 Å². The first kappa shape index (κ1) is 17.4. The van der Waals surface area contributed by atoms with Gasteiger partial charge in [-0.2, -0.15) is 0 Å². The highest BCUT2D eigenvalue weighted by molar-refractivity contribution is 7.14. The summed E-state index contributed by atoms with van der Waals surface area (Å²) in [5, 5.41) is 6.53. The summed E-state index contributed by atoms with van der Waals surface area (Å²) in [7, 11) is 1.66. The number of fused-ring (bicyclic) bond motifs is 1. The Kier molecular flexibility index (Phi) is 4.68. The highest BCUT2D eigenvalue weighted by Gasteiger charge is 2.15. The number of thiazole rings is 1. The topological polar surface area (TPSA) is 71.9 Å². The van der Waals surface area contributed by atoms with E-state index in [0.717, 1.165) is 33.6 Å². The highest BCUT2D eigenvalue weighted by atomic mass is 32.1. The Morgan fingerprint density at radius 2 is 2.15 bits per heavy atom. The predicted octanol–water partition coefficient (Wildman–Crippen LogP) is 4.44. The molecule has 0 spiro atoms. The van der Waals surface area contributed by atoms with Crippen LogP contribution < -0.4 is 10.1 Å². The first-order chi connectivity index (χ1) is 13.1. The largest absolute Gasteiger partial charge is 0.497 e. The van der Waals surface area contributed by atoms with Crippen molar-refractivity contribution in [1.82, 2.24) is 14.5 Å². The van der Waals surface area contributed by atoms with Crippen molar-refractivity contribution >= 4 is 33.3 Å². The fraction of sp³-hybridized carbons (Fsp3) is 0.200. The van der Waals surface area contributed by atoms with Crippen molar-refractivity contribution in [2.75, 3.05) is 12.4 Å². The van der Waals surface area contributed by atoms with Gasteiger partial charge in [0.05, 0.1) is 12.8 Å². The quantitative estimate of drug-likeness (QED) is 0.519. The minimum absolute atomic E-state index is 0.0399. The van der Waals surface area contributed by atoms with E-state index in [9.17, 15) is 4.79 Å². The zero-order valence-corrected chi connectivity index (χ0v) is 16.0. The third kappa shape index (κ3) is 3.59. The number of aromatic amines is 1. The summed E-state index contributed by atoms with van der Waals surface area (Å²) in [4.78, 5) is 20.2. The number of carbonyl (C=O) groups excluding carboxylic acids is 1. The monoisotopic (exact) mass is 380 g/mol. The molecule has 3 aromatic heterocycles. The molecule has 0 aliphatic carbocycles. The minimum Gasteiger partial charge on any atom is -0.497 e. The third-order valence-electron chi connectivity index (χ3n) is 4.46. The molecule has 27 heavy (non-hydrogen) atoms. The van der Waals surface area contributed by atoms with E-state index in [-0.39, 0.29) is 5.91 Å². The molecule has 3 heterocycles. The van der Waals surface area contributed by atoms with Gasteiger partial charge >= 0.3 is 0 Å². The molecule has 0 saturated carbocycles. The van der Waals surface area contributed by atoms with Crippen LogP contribution in [0.1, 0.15) is 12.1 Å². The number of methoxy groups -OCH3 is 1. The molecule has 1 aromatic carbocycles. The first-order valence-electron chi connectivity index (χ1n) is 8.67. The molecule has 7 heteroatoms. The number of hydrogen-bond acceptors (Lipinski definition) is 4. The average Bonchev–Trinajstić information content (AvgIpc) is 3.38. The van der Waals surface area contributed by atoms with Crippen LogP contribution in [-0.4, -0.2) is 27.6 Å². The molecule has 0 saturated heterocycles. The van der Waals surface area contributed by atoms with E-state index in [2.05, 4.69) is 15.3 Å². The van der Waals surface area contributed by atoms with Gasteiger partial charge in [-0.1, -0.05) is 0 Å². The zero-order valence-electron chi connectivity index (χ0n) is 15.2. The van der Waals surface area contributed by atoms with Gasteiger partial charge in [0, 0.05) is 52.9 Å². The molecule has 0 bridgehead atoms. The van der Waals surface area contributed by atoms with Crippen molar-refractivity contribution in [2.45, 2.75) is 19.9 Å². The Hall–Kier alpha value is -3.06. The van der Waals surface area contributed by atoms with Crippen LogP contribution >= 0.6 is 11.3 Å². The summed E-state index contributed by atoms with van der Waals surface area (Å²) in [5.41, 5.74) is 3.95. The number of amides is 1. The number of hydrogen-bond donors (Lipinski definition) is 2. The molecule has 0 aliphatic rings. The standard InChI is InChI=1S/C20H20N4O2S/c1-13-19(15-11-14(26-2)5-6-16(15)21-13)17-12-27-20(22-17)23-18(25)7-10-24-8-3-4-9-24/h3-6,8-9,11-12,21H,7,10H2,1-2H3,(H,22,23,25). The minimum atomic E-state index is -0.0399. The Balaban J connectivity index is 1.53. The molecule has 0 atom stereocenters. The van der Waals surface area contributed by atoms with Crippen LogP contribution in [0.3, 0.4) is 0 Å². The van der Waals surface area contributed by atoms with Crippen LogP contribution in [0.15, 0.2) is 48.1 Å². The number of benzene rings is 1. The molecule has 0 unspecified atom stereocenters. The van der Waals surface area contributed by atoms with Gasteiger partial charge in [0.15, 0.2) is 5.13 Å². The Labute approximate surface area is 160 Å². The molecule has 138 valence electrons. The van der Waals surface area contributed by atoms with Gasteiger partial charge in [-0.15, -0.1) is 11.3 Å². The van der Waals surface area contributed by atoms with E-state index < -0.39 is 0 Å². The number of nitrogens with zero attached hydrogens (tertiary/aromatic N) is 2. The highest BCUT2D eigenvalue weighted by Crippen LogP contribution is 2.35. The van der Waals surface area contributed by atoms with Crippen molar-refractivity contribution in [1.29, 1.82) is 0 Å². The Morgan fingerprint density at radius 1 is 1.33 bits per heavy atom. The number of rotatable bonds is 6. The molecule has 2 N–H and O–H groups in total. The molecule has 1 amide bonds. The van der Waals surface area contributed by atoms with Gasteiger partial charge in [0.2, 0.25) is 5.91 Å². The molecule has 0 fully saturated rings. The van der Waals surface area contributed by atoms with Gasteiger partial charge in [-0.3, -0.25) is 4.79 Å². The van der Waals surface area contributed by atoms with Gasteiger partial charge in [-0.25, -0.2) is 4.98 Å². The van der Waals surface area contributed by atoms with E-state index in [1.54, 1.807) is 7.11 Å². The molecule has 0 radical (unpaired) electrons. The fourth-order valence-electron chi connectivity index (χ4n) is 3.14. The first-order valence-corrected chi connectivity index (χ1v) is 9.55. The number of H-pyrrole nitrogens is 1. The Bertz CT molecular complexity index is 1080. The van der Waals surface area contributed by atoms with Crippen LogP contribution in [0, 0.1) is 6.92 Å². The number of carbonyl (C=O) groups is 1. The van der Waals surface area contributed by atoms with Crippen molar-refractivity contribution in [2.24, 2.45) is 0 Å². The molecule has 4 rings (SSSR count). The lowest BCUT2D eigenvalue weighted by molar-refractivity contribution is -0.116. The average molecular weight is 380 g/mol. The van der Waals surface area contributed by atoms with Crippen LogP contribution in [0.2, 0.25) is 0 Å². The predicted molar refractivity (Wildman–Crippen MR) is 108 cm³/mol. The molecular weight excluding hydrogens is 360 g/mol. The summed E-state index contributed by atoms with van der Waals surface area (Å²) >= 11 is 1.43. The summed E-state index contributed by atoms with van der Waals surface area (Å²) < 4.78 is 7.33. The lowest BCUT2D eigenvalue weighted by Gasteiger charge is -2.03. The van der Waals surface area contributed by atoms with Crippen LogP contribution in [-0.2, 0) is 11.3 Å². The molecular formula is C20H20N4O2S. The summed E-state index contributed by atoms with van der Waals surface area (Å²) in [6, 6.07) is 9.83. The SMILES string of the molecule is COc1ccc2[nH]c(C)c(-c3csc(NC(=O)CCn4cccc4)n3)c2c1. The van der Waals surface area contributed by atoms with E-state index >= 15 is 0 Å². The van der Waals surface area contributed by atoms with Gasteiger partial charge in [0.1, 0.15) is 5.75 Å². The maximum atomic E-state index is 12.2. The van der Waals surface area contributed by atoms with E-state index in [4.69, 9.17) is 4.74 Å². The van der Waals surface area contributed by atoms with Gasteiger partial charge in [0.25, 0.3) is 0 Å². The van der Waals surface area contributed by atoms with E-state index in [0.29, 0.717) is 18.1 Å². The normalized spacial score (nSPS) is 11.0. The lowest BCUT2D eigenvalue weighted by atomic mass is 10.1. The zero-order chi connectivity index (χ0) is 18.8. The van der Waals surface area contributed by atoms with Crippen LogP contribution in [0.4, 0.5) is 5.13 Å². The number of nitrogens with one attached hydrogen (secondary N) is 2. The maximum absolute atomic E-state index is 12.2. The van der Waals surface area contributed by atoms with Crippen molar-refractivity contribution in [3.8, 4) is 17.0 Å². The second-order valence-corrected chi connectivity index (χ2v) is 7.15. The number of anilines is 1. The Morgan fingerprint density at radius 3 is 2.93 bits per heavy atom. The molecule has 4 aromatic rings. The summed E-state index contributed by atoms with van der Waals surface area (Å²) in [5.74, 6) is 0.762. The van der Waals surface area contributed by atoms with Gasteiger partial charge < -0.3 is 19.6 Å². The van der Waals surface area contributed by atoms with Crippen molar-refractivity contribution in [3.05, 3.63) is 53.8 Å². The molecule has 0 aliphatic heterocycles. The second-order valence-electron chi connectivity index (χ2n) is 6.29. The number of aryl methyl sites for hydroxylation is 2. The van der Waals surface area contributed by atoms with Crippen molar-refractivity contribution < 1.29 is 9.53 Å². The van der Waals surface area contributed by atoms with Crippen molar-refractivity contribution in [3.63, 3.8) is 0 Å². The maximum Gasteiger partial charge on any atom is 0.227 e. The van der Waals surface area contributed by atoms with Crippen LogP contribution in [0.25, 0.3) is 22.2 Å². The lowest BCUT2D eigenvalue weighted by Crippen LogP contribution is -2.13. The fourth-order valence-corrected chi connectivity index (χ4v) is 3.86. The third-order valence-corrected chi connectivity index (χ3v) is 5.22.